The van der Waals surface area contributed by atoms with E-state index in [0.717, 1.165) is 10.2 Å². The fourth-order valence-electron chi connectivity index (χ4n) is 2.20. The first-order chi connectivity index (χ1) is 10.8. The third kappa shape index (κ3) is 3.85. The van der Waals surface area contributed by atoms with Crippen LogP contribution in [0.5, 0.6) is 0 Å². The van der Waals surface area contributed by atoms with Crippen molar-refractivity contribution in [2.45, 2.75) is 19.8 Å². The Kier molecular flexibility index (Phi) is 5.31. The Morgan fingerprint density at radius 3 is 2.57 bits per heavy atom. The van der Waals surface area contributed by atoms with Crippen LogP contribution in [0.3, 0.4) is 0 Å². The van der Waals surface area contributed by atoms with Gasteiger partial charge in [0.15, 0.2) is 0 Å². The maximum Gasteiger partial charge on any atom is 0.146 e. The molecule has 1 aromatic heterocycles. The van der Waals surface area contributed by atoms with Crippen LogP contribution in [0.15, 0.2) is 66.0 Å². The normalized spacial score (nSPS) is 11.8. The van der Waals surface area contributed by atoms with E-state index in [1.54, 1.807) is 17.0 Å². The predicted molar refractivity (Wildman–Crippen MR) is 93.8 cm³/mol. The topological polar surface area (TPSA) is 17.8 Å². The molecule has 0 atom stereocenters. The lowest BCUT2D eigenvalue weighted by Gasteiger charge is -2.13. The molecule has 1 heterocycles. The summed E-state index contributed by atoms with van der Waals surface area (Å²) in [5.74, 6) is -0.982. The first kappa shape index (κ1) is 17.3. The Morgan fingerprint density at radius 1 is 1.30 bits per heavy atom. The Labute approximate surface area is 143 Å². The molecular formula is C18H17BrF2N2. The minimum absolute atomic E-state index is 0.00198. The summed E-state index contributed by atoms with van der Waals surface area (Å²) in [6.07, 6.45) is 3.94. The smallest absolute Gasteiger partial charge is 0.146 e. The quantitative estimate of drug-likeness (QED) is 0.574. The van der Waals surface area contributed by atoms with Gasteiger partial charge in [0.2, 0.25) is 0 Å². The van der Waals surface area contributed by atoms with Gasteiger partial charge in [-0.1, -0.05) is 49.0 Å². The molecule has 23 heavy (non-hydrogen) atoms. The Balaban J connectivity index is 2.44. The maximum atomic E-state index is 14.0. The minimum Gasteiger partial charge on any atom is -0.300 e. The van der Waals surface area contributed by atoms with Gasteiger partial charge in [-0.15, -0.1) is 0 Å². The van der Waals surface area contributed by atoms with Crippen LogP contribution in [0.1, 0.15) is 31.2 Å². The molecule has 0 fully saturated rings. The van der Waals surface area contributed by atoms with Gasteiger partial charge in [-0.3, -0.25) is 4.57 Å². The van der Waals surface area contributed by atoms with Crippen molar-refractivity contribution in [2.75, 3.05) is 0 Å². The molecule has 0 saturated heterocycles. The maximum absolute atomic E-state index is 14.0. The van der Waals surface area contributed by atoms with Crippen LogP contribution in [-0.4, -0.2) is 9.55 Å². The Bertz CT molecular complexity index is 788. The number of hydrogen-bond acceptors (Lipinski definition) is 1. The van der Waals surface area contributed by atoms with Crippen molar-refractivity contribution in [1.82, 2.24) is 9.55 Å². The molecule has 120 valence electrons. The summed E-state index contributed by atoms with van der Waals surface area (Å²) in [7, 11) is 0. The van der Waals surface area contributed by atoms with Gasteiger partial charge >= 0.3 is 0 Å². The fourth-order valence-corrected chi connectivity index (χ4v) is 3.03. The second kappa shape index (κ2) is 7.04. The molecule has 2 aromatic rings. The molecule has 2 rings (SSSR count). The van der Waals surface area contributed by atoms with E-state index in [-0.39, 0.29) is 5.57 Å². The molecule has 0 N–H and O–H groups in total. The van der Waals surface area contributed by atoms with E-state index < -0.39 is 11.7 Å². The van der Waals surface area contributed by atoms with Crippen LogP contribution in [0.25, 0.3) is 11.3 Å². The summed E-state index contributed by atoms with van der Waals surface area (Å²) in [5, 5.41) is 0. The highest BCUT2D eigenvalue weighted by atomic mass is 79.9. The molecular weight excluding hydrogens is 362 g/mol. The molecule has 0 aliphatic carbocycles. The van der Waals surface area contributed by atoms with Gasteiger partial charge in [-0.25, -0.2) is 13.8 Å². The van der Waals surface area contributed by atoms with E-state index >= 15 is 0 Å². The number of aromatic nitrogens is 2. The van der Waals surface area contributed by atoms with Crippen LogP contribution < -0.4 is 0 Å². The highest BCUT2D eigenvalue weighted by Gasteiger charge is 2.14. The van der Waals surface area contributed by atoms with E-state index in [4.69, 9.17) is 0 Å². The third-order valence-electron chi connectivity index (χ3n) is 3.37. The zero-order valence-corrected chi connectivity index (χ0v) is 14.6. The van der Waals surface area contributed by atoms with Gasteiger partial charge in [-0.05, 0) is 23.6 Å². The van der Waals surface area contributed by atoms with Gasteiger partial charge in [0.25, 0.3) is 0 Å². The van der Waals surface area contributed by atoms with E-state index in [2.05, 4.69) is 47.9 Å². The van der Waals surface area contributed by atoms with Crippen molar-refractivity contribution >= 4 is 21.5 Å². The molecule has 0 bridgehead atoms. The summed E-state index contributed by atoms with van der Waals surface area (Å²) in [5.41, 5.74) is 1.98. The first-order valence-electron chi connectivity index (χ1n) is 7.05. The summed E-state index contributed by atoms with van der Waals surface area (Å²) in [6, 6.07) is 5.87. The van der Waals surface area contributed by atoms with Gasteiger partial charge in [0, 0.05) is 34.2 Å². The largest absolute Gasteiger partial charge is 0.300 e. The van der Waals surface area contributed by atoms with Crippen LogP contribution in [0.2, 0.25) is 0 Å². The van der Waals surface area contributed by atoms with Crippen LogP contribution in [0, 0.1) is 0 Å². The lowest BCUT2D eigenvalue weighted by atomic mass is 10.0. The van der Waals surface area contributed by atoms with Crippen molar-refractivity contribution in [1.29, 1.82) is 0 Å². The molecule has 0 unspecified atom stereocenters. The number of nitrogens with zero attached hydrogens (tertiary/aromatic N) is 2. The Hall–Kier alpha value is -2.01. The number of allylic oxidation sites excluding steroid dienone is 4. The summed E-state index contributed by atoms with van der Waals surface area (Å²) in [6.45, 7) is 10.9. The lowest BCUT2D eigenvalue weighted by Crippen LogP contribution is -2.01. The Morgan fingerprint density at radius 2 is 2.00 bits per heavy atom. The zero-order chi connectivity index (χ0) is 17.1. The molecule has 2 nitrogen and oxygen atoms in total. The van der Waals surface area contributed by atoms with Crippen molar-refractivity contribution in [3.05, 3.63) is 77.3 Å². The van der Waals surface area contributed by atoms with E-state index in [0.29, 0.717) is 17.8 Å². The first-order valence-corrected chi connectivity index (χ1v) is 7.85. The zero-order valence-electron chi connectivity index (χ0n) is 13.0. The van der Waals surface area contributed by atoms with Crippen molar-refractivity contribution in [3.63, 3.8) is 0 Å². The fraction of sp³-hybridized carbons (Fsp3) is 0.167. The molecule has 0 saturated carbocycles. The second-order valence-electron chi connectivity index (χ2n) is 5.40. The average Bonchev–Trinajstić information content (AvgIpc) is 2.94. The van der Waals surface area contributed by atoms with Gasteiger partial charge in [0.05, 0.1) is 0 Å². The molecule has 1 aromatic carbocycles. The van der Waals surface area contributed by atoms with Crippen molar-refractivity contribution in [3.8, 4) is 5.69 Å². The monoisotopic (exact) mass is 378 g/mol. The van der Waals surface area contributed by atoms with Gasteiger partial charge in [-0.2, -0.15) is 0 Å². The summed E-state index contributed by atoms with van der Waals surface area (Å²) < 4.78 is 29.4. The lowest BCUT2D eigenvalue weighted by molar-refractivity contribution is 0.636. The number of hydrogen-bond donors (Lipinski definition) is 0. The number of imidazole rings is 1. The third-order valence-corrected chi connectivity index (χ3v) is 4.05. The van der Waals surface area contributed by atoms with E-state index in [1.807, 2.05) is 18.2 Å². The average molecular weight is 379 g/mol. The number of halogens is 3. The molecule has 0 aliphatic rings. The predicted octanol–water partition coefficient (Wildman–Crippen LogP) is 6.11. The molecule has 5 heteroatoms. The SMILES string of the molecule is C=C(F)/C=C(/F)C(=C)c1nccn1-c1ccc(C(C)C)c(Br)c1. The minimum atomic E-state index is -0.870. The van der Waals surface area contributed by atoms with Gasteiger partial charge < -0.3 is 0 Å². The van der Waals surface area contributed by atoms with Crippen LogP contribution in [-0.2, 0) is 0 Å². The highest BCUT2D eigenvalue weighted by Crippen LogP contribution is 2.29. The van der Waals surface area contributed by atoms with Crippen molar-refractivity contribution < 1.29 is 8.78 Å². The second-order valence-corrected chi connectivity index (χ2v) is 6.25. The standard InChI is InChI=1S/C18H17BrF2N2/c1-11(2)15-6-5-14(10-16(15)19)23-8-7-22-18(23)13(4)17(21)9-12(3)20/h5-11H,3-4H2,1-2H3/b17-9+. The van der Waals surface area contributed by atoms with Gasteiger partial charge in [0.1, 0.15) is 17.5 Å². The molecule has 0 spiro atoms. The molecule has 0 radical (unpaired) electrons. The summed E-state index contributed by atoms with van der Waals surface area (Å²) >= 11 is 3.55. The number of rotatable bonds is 5. The molecule has 0 amide bonds. The molecule has 0 aliphatic heterocycles. The van der Waals surface area contributed by atoms with E-state index in [9.17, 15) is 8.78 Å². The highest BCUT2D eigenvalue weighted by molar-refractivity contribution is 9.10. The number of benzene rings is 1. The van der Waals surface area contributed by atoms with E-state index in [1.165, 1.54) is 5.56 Å². The summed E-state index contributed by atoms with van der Waals surface area (Å²) in [4.78, 5) is 4.12. The van der Waals surface area contributed by atoms with Crippen molar-refractivity contribution in [2.24, 2.45) is 0 Å². The van der Waals surface area contributed by atoms with Crippen LogP contribution in [0.4, 0.5) is 8.78 Å². The van der Waals surface area contributed by atoms with Crippen LogP contribution >= 0.6 is 15.9 Å².